The number of aryl methyl sites for hydroxylation is 2. The highest BCUT2D eigenvalue weighted by Crippen LogP contribution is 2.39. The molecule has 1 aliphatic carbocycles. The summed E-state index contributed by atoms with van der Waals surface area (Å²) < 4.78 is 0. The first-order valence-corrected chi connectivity index (χ1v) is 8.38. The summed E-state index contributed by atoms with van der Waals surface area (Å²) in [6.45, 7) is 0. The number of nitrogens with one attached hydrogen (secondary N) is 1. The molecule has 0 saturated heterocycles. The van der Waals surface area contributed by atoms with Gasteiger partial charge in [0, 0.05) is 30.6 Å². The lowest BCUT2D eigenvalue weighted by Gasteiger charge is -2.05. The van der Waals surface area contributed by atoms with E-state index in [0.717, 1.165) is 16.4 Å². The Kier molecular flexibility index (Phi) is 3.39. The quantitative estimate of drug-likeness (QED) is 0.779. The van der Waals surface area contributed by atoms with Crippen LogP contribution in [-0.2, 0) is 12.8 Å². The van der Waals surface area contributed by atoms with Crippen molar-refractivity contribution in [3.05, 3.63) is 53.9 Å². The molecule has 1 aromatic carbocycles. The number of thiazole rings is 1. The molecule has 1 aliphatic rings. The number of pyridine rings is 1. The molecule has 0 saturated carbocycles. The molecule has 0 atom stereocenters. The van der Waals surface area contributed by atoms with Crippen molar-refractivity contribution in [2.75, 3.05) is 12.4 Å². The van der Waals surface area contributed by atoms with E-state index in [9.17, 15) is 0 Å². The standard InChI is InChI=1S/C18H17N3S/c1-19-18-21-16(17(22-18)15-6-3-9-20-11-15)14-8-7-12-4-2-5-13(12)10-14/h3,6-11H,2,4-5H2,1H3,(H,19,21). The Bertz CT molecular complexity index is 808. The van der Waals surface area contributed by atoms with Gasteiger partial charge in [-0.2, -0.15) is 0 Å². The molecule has 0 amide bonds. The largest absolute Gasteiger partial charge is 0.365 e. The molecule has 2 aromatic heterocycles. The lowest BCUT2D eigenvalue weighted by atomic mass is 10.0. The number of benzene rings is 1. The minimum atomic E-state index is 0.939. The molecule has 0 radical (unpaired) electrons. The smallest absolute Gasteiger partial charge is 0.183 e. The van der Waals surface area contributed by atoms with Crippen LogP contribution in [0.25, 0.3) is 21.7 Å². The number of hydrogen-bond acceptors (Lipinski definition) is 4. The van der Waals surface area contributed by atoms with E-state index in [1.54, 1.807) is 17.5 Å². The summed E-state index contributed by atoms with van der Waals surface area (Å²) in [6, 6.07) is 10.9. The second-order valence-corrected chi connectivity index (χ2v) is 6.52. The van der Waals surface area contributed by atoms with Crippen LogP contribution >= 0.6 is 11.3 Å². The monoisotopic (exact) mass is 307 g/mol. The lowest BCUT2D eigenvalue weighted by Crippen LogP contribution is -1.89. The Morgan fingerprint density at radius 2 is 2.00 bits per heavy atom. The third-order valence-electron chi connectivity index (χ3n) is 4.14. The van der Waals surface area contributed by atoms with Crippen LogP contribution in [0.15, 0.2) is 42.7 Å². The molecule has 1 N–H and O–H groups in total. The highest BCUT2D eigenvalue weighted by molar-refractivity contribution is 7.19. The first-order valence-electron chi connectivity index (χ1n) is 7.56. The van der Waals surface area contributed by atoms with Crippen LogP contribution < -0.4 is 5.32 Å². The third kappa shape index (κ3) is 2.29. The van der Waals surface area contributed by atoms with Crippen LogP contribution in [-0.4, -0.2) is 17.0 Å². The van der Waals surface area contributed by atoms with E-state index in [1.165, 1.54) is 40.8 Å². The zero-order valence-corrected chi connectivity index (χ0v) is 13.3. The maximum Gasteiger partial charge on any atom is 0.183 e. The van der Waals surface area contributed by atoms with E-state index in [2.05, 4.69) is 34.6 Å². The van der Waals surface area contributed by atoms with E-state index < -0.39 is 0 Å². The van der Waals surface area contributed by atoms with Crippen LogP contribution in [0.1, 0.15) is 17.5 Å². The summed E-state index contributed by atoms with van der Waals surface area (Å²) in [5.74, 6) is 0. The van der Waals surface area contributed by atoms with Crippen LogP contribution in [0.4, 0.5) is 5.13 Å². The summed E-state index contributed by atoms with van der Waals surface area (Å²) in [5.41, 5.74) is 6.36. The first kappa shape index (κ1) is 13.5. The van der Waals surface area contributed by atoms with Crippen molar-refractivity contribution in [1.82, 2.24) is 9.97 Å². The number of anilines is 1. The van der Waals surface area contributed by atoms with Gasteiger partial charge < -0.3 is 5.32 Å². The fourth-order valence-electron chi connectivity index (χ4n) is 3.03. The van der Waals surface area contributed by atoms with E-state index in [1.807, 2.05) is 19.3 Å². The van der Waals surface area contributed by atoms with Crippen molar-refractivity contribution in [3.8, 4) is 21.7 Å². The predicted octanol–water partition coefficient (Wildman–Crippen LogP) is 4.40. The number of hydrogen-bond donors (Lipinski definition) is 1. The molecule has 0 unspecified atom stereocenters. The molecule has 3 aromatic rings. The van der Waals surface area contributed by atoms with Gasteiger partial charge in [-0.3, -0.25) is 4.98 Å². The average Bonchev–Trinajstić information content (AvgIpc) is 3.21. The summed E-state index contributed by atoms with van der Waals surface area (Å²) >= 11 is 1.68. The fraction of sp³-hybridized carbons (Fsp3) is 0.222. The van der Waals surface area contributed by atoms with Gasteiger partial charge in [-0.25, -0.2) is 4.98 Å². The first-order chi connectivity index (χ1) is 10.8. The SMILES string of the molecule is CNc1nc(-c2ccc3c(c2)CCC3)c(-c2cccnc2)s1. The van der Waals surface area contributed by atoms with Gasteiger partial charge in [0.05, 0.1) is 10.6 Å². The summed E-state index contributed by atoms with van der Waals surface area (Å²) in [4.78, 5) is 10.2. The molecule has 22 heavy (non-hydrogen) atoms. The molecule has 0 aliphatic heterocycles. The van der Waals surface area contributed by atoms with Gasteiger partial charge in [-0.15, -0.1) is 0 Å². The maximum absolute atomic E-state index is 4.78. The third-order valence-corrected chi connectivity index (χ3v) is 5.26. The van der Waals surface area contributed by atoms with E-state index in [-0.39, 0.29) is 0 Å². The minimum Gasteiger partial charge on any atom is -0.365 e. The van der Waals surface area contributed by atoms with Gasteiger partial charge >= 0.3 is 0 Å². The molecule has 0 bridgehead atoms. The molecular weight excluding hydrogens is 290 g/mol. The van der Waals surface area contributed by atoms with Gasteiger partial charge in [0.2, 0.25) is 0 Å². The summed E-state index contributed by atoms with van der Waals surface area (Å²) in [6.07, 6.45) is 7.38. The minimum absolute atomic E-state index is 0.939. The van der Waals surface area contributed by atoms with Crippen LogP contribution in [0.5, 0.6) is 0 Å². The summed E-state index contributed by atoms with van der Waals surface area (Å²) in [7, 11) is 1.92. The maximum atomic E-state index is 4.78. The number of aromatic nitrogens is 2. The number of fused-ring (bicyclic) bond motifs is 1. The van der Waals surface area contributed by atoms with Crippen molar-refractivity contribution < 1.29 is 0 Å². The van der Waals surface area contributed by atoms with Crippen molar-refractivity contribution in [2.45, 2.75) is 19.3 Å². The zero-order chi connectivity index (χ0) is 14.9. The van der Waals surface area contributed by atoms with E-state index >= 15 is 0 Å². The Morgan fingerprint density at radius 1 is 1.09 bits per heavy atom. The predicted molar refractivity (Wildman–Crippen MR) is 92.4 cm³/mol. The van der Waals surface area contributed by atoms with Crippen molar-refractivity contribution >= 4 is 16.5 Å². The Hall–Kier alpha value is -2.20. The Morgan fingerprint density at radius 3 is 2.82 bits per heavy atom. The number of nitrogens with zero attached hydrogens (tertiary/aromatic N) is 2. The molecule has 0 fully saturated rings. The normalized spacial score (nSPS) is 13.1. The average molecular weight is 307 g/mol. The Balaban J connectivity index is 1.86. The molecule has 2 heterocycles. The van der Waals surface area contributed by atoms with Gasteiger partial charge in [0.15, 0.2) is 5.13 Å². The summed E-state index contributed by atoms with van der Waals surface area (Å²) in [5, 5.41) is 4.11. The molecule has 4 heteroatoms. The molecule has 110 valence electrons. The van der Waals surface area contributed by atoms with E-state index in [4.69, 9.17) is 4.98 Å². The lowest BCUT2D eigenvalue weighted by molar-refractivity contribution is 0.912. The second-order valence-electron chi connectivity index (χ2n) is 5.53. The molecular formula is C18H17N3S. The zero-order valence-electron chi connectivity index (χ0n) is 12.5. The van der Waals surface area contributed by atoms with Crippen LogP contribution in [0, 0.1) is 0 Å². The van der Waals surface area contributed by atoms with Gasteiger partial charge in [-0.05, 0) is 42.5 Å². The fourth-order valence-corrected chi connectivity index (χ4v) is 3.97. The topological polar surface area (TPSA) is 37.8 Å². The molecule has 0 spiro atoms. The van der Waals surface area contributed by atoms with Gasteiger partial charge in [0.25, 0.3) is 0 Å². The highest BCUT2D eigenvalue weighted by atomic mass is 32.1. The van der Waals surface area contributed by atoms with E-state index in [0.29, 0.717) is 0 Å². The molecule has 4 rings (SSSR count). The second kappa shape index (κ2) is 5.54. The van der Waals surface area contributed by atoms with Crippen molar-refractivity contribution in [1.29, 1.82) is 0 Å². The number of rotatable bonds is 3. The Labute approximate surface area is 134 Å². The molecule has 3 nitrogen and oxygen atoms in total. The van der Waals surface area contributed by atoms with Crippen molar-refractivity contribution in [2.24, 2.45) is 0 Å². The highest BCUT2D eigenvalue weighted by Gasteiger charge is 2.17. The van der Waals surface area contributed by atoms with Crippen LogP contribution in [0.2, 0.25) is 0 Å². The van der Waals surface area contributed by atoms with Gasteiger partial charge in [0.1, 0.15) is 0 Å². The van der Waals surface area contributed by atoms with Crippen LogP contribution in [0.3, 0.4) is 0 Å². The van der Waals surface area contributed by atoms with Gasteiger partial charge in [-0.1, -0.05) is 29.5 Å². The van der Waals surface area contributed by atoms with Crippen molar-refractivity contribution in [3.63, 3.8) is 0 Å².